The molecule has 0 heterocycles. The van der Waals surface area contributed by atoms with Gasteiger partial charge in [-0.15, -0.1) is 0 Å². The van der Waals surface area contributed by atoms with Gasteiger partial charge in [-0.25, -0.2) is 0 Å². The molecule has 2 rings (SSSR count). The van der Waals surface area contributed by atoms with Gasteiger partial charge in [0, 0.05) is 6.92 Å². The van der Waals surface area contributed by atoms with E-state index in [-0.39, 0.29) is 5.97 Å². The Morgan fingerprint density at radius 3 is 2.62 bits per heavy atom. The van der Waals surface area contributed by atoms with Crippen molar-refractivity contribution in [2.75, 3.05) is 0 Å². The minimum atomic E-state index is -0.308. The molecular weight excluding hydrogens is 200 g/mol. The molecule has 16 heavy (non-hydrogen) atoms. The Labute approximate surface area is 94.2 Å². The molecule has 0 saturated carbocycles. The molecule has 0 fully saturated rings. The van der Waals surface area contributed by atoms with E-state index in [9.17, 15) is 4.79 Å². The number of rotatable bonds is 2. The second-order valence-corrected chi connectivity index (χ2v) is 3.52. The molecule has 0 aliphatic heterocycles. The molecule has 80 valence electrons. The molecule has 0 atom stereocenters. The lowest BCUT2D eigenvalue weighted by molar-refractivity contribution is -0.135. The van der Waals surface area contributed by atoms with Crippen LogP contribution in [-0.2, 0) is 9.53 Å². The van der Waals surface area contributed by atoms with Crippen molar-refractivity contribution in [3.05, 3.63) is 54.3 Å². The van der Waals surface area contributed by atoms with Gasteiger partial charge in [-0.2, -0.15) is 0 Å². The number of fused-ring (bicyclic) bond motifs is 1. The molecule has 0 amide bonds. The molecule has 2 aromatic carbocycles. The van der Waals surface area contributed by atoms with Crippen LogP contribution in [0.15, 0.2) is 48.7 Å². The third-order valence-corrected chi connectivity index (χ3v) is 2.27. The van der Waals surface area contributed by atoms with E-state index in [0.717, 1.165) is 5.56 Å². The van der Waals surface area contributed by atoms with Crippen LogP contribution in [-0.4, -0.2) is 5.97 Å². The van der Waals surface area contributed by atoms with Crippen molar-refractivity contribution < 1.29 is 9.53 Å². The zero-order valence-electron chi connectivity index (χ0n) is 9.01. The lowest BCUT2D eigenvalue weighted by Gasteiger charge is -1.98. The summed E-state index contributed by atoms with van der Waals surface area (Å²) in [5.41, 5.74) is 1.01. The summed E-state index contributed by atoms with van der Waals surface area (Å²) in [7, 11) is 0. The van der Waals surface area contributed by atoms with Gasteiger partial charge < -0.3 is 4.74 Å². The molecule has 0 radical (unpaired) electrons. The molecule has 0 unspecified atom stereocenters. The SMILES string of the molecule is CC(=O)OC=Cc1ccc2ccccc2c1. The van der Waals surface area contributed by atoms with Gasteiger partial charge in [0.15, 0.2) is 0 Å². The van der Waals surface area contributed by atoms with Crippen LogP contribution < -0.4 is 0 Å². The molecule has 0 aliphatic carbocycles. The quantitative estimate of drug-likeness (QED) is 0.563. The third kappa shape index (κ3) is 2.48. The van der Waals surface area contributed by atoms with E-state index in [2.05, 4.69) is 18.2 Å². The summed E-state index contributed by atoms with van der Waals surface area (Å²) in [6.07, 6.45) is 3.18. The molecule has 2 heteroatoms. The van der Waals surface area contributed by atoms with Crippen molar-refractivity contribution in [3.8, 4) is 0 Å². The summed E-state index contributed by atoms with van der Waals surface area (Å²) < 4.78 is 4.74. The van der Waals surface area contributed by atoms with E-state index in [1.54, 1.807) is 6.08 Å². The van der Waals surface area contributed by atoms with Crippen LogP contribution in [0.3, 0.4) is 0 Å². The van der Waals surface area contributed by atoms with Crippen LogP contribution in [0.2, 0.25) is 0 Å². The van der Waals surface area contributed by atoms with E-state index in [1.165, 1.54) is 24.0 Å². The normalized spacial score (nSPS) is 10.8. The molecule has 2 nitrogen and oxygen atoms in total. The molecular formula is C14H12O2. The maximum Gasteiger partial charge on any atom is 0.307 e. The maximum absolute atomic E-state index is 10.6. The molecule has 0 saturated heterocycles. The highest BCUT2D eigenvalue weighted by molar-refractivity contribution is 5.84. The molecule has 0 spiro atoms. The van der Waals surface area contributed by atoms with Crippen LogP contribution >= 0.6 is 0 Å². The van der Waals surface area contributed by atoms with Crippen LogP contribution in [0.5, 0.6) is 0 Å². The highest BCUT2D eigenvalue weighted by Crippen LogP contribution is 2.16. The highest BCUT2D eigenvalue weighted by atomic mass is 16.5. The Kier molecular flexibility index (Phi) is 3.01. The number of hydrogen-bond donors (Lipinski definition) is 0. The smallest absolute Gasteiger partial charge is 0.307 e. The van der Waals surface area contributed by atoms with Crippen LogP contribution in [0, 0.1) is 0 Å². The van der Waals surface area contributed by atoms with Gasteiger partial charge >= 0.3 is 5.97 Å². The maximum atomic E-state index is 10.6. The fourth-order valence-corrected chi connectivity index (χ4v) is 1.52. The van der Waals surface area contributed by atoms with Crippen LogP contribution in [0.25, 0.3) is 16.8 Å². The topological polar surface area (TPSA) is 26.3 Å². The molecule has 0 aliphatic rings. The predicted molar refractivity (Wildman–Crippen MR) is 64.7 cm³/mol. The largest absolute Gasteiger partial charge is 0.435 e. The lowest BCUT2D eigenvalue weighted by atomic mass is 10.1. The van der Waals surface area contributed by atoms with Crippen molar-refractivity contribution in [1.82, 2.24) is 0 Å². The average molecular weight is 212 g/mol. The standard InChI is InChI=1S/C14H12O2/c1-11(15)16-9-8-12-6-7-13-4-2-3-5-14(13)10-12/h2-10H,1H3. The van der Waals surface area contributed by atoms with Gasteiger partial charge in [-0.1, -0.05) is 36.4 Å². The second kappa shape index (κ2) is 4.62. The number of hydrogen-bond acceptors (Lipinski definition) is 2. The Hall–Kier alpha value is -2.09. The molecule has 0 aromatic heterocycles. The third-order valence-electron chi connectivity index (χ3n) is 2.27. The summed E-state index contributed by atoms with van der Waals surface area (Å²) in [5.74, 6) is -0.308. The predicted octanol–water partition coefficient (Wildman–Crippen LogP) is 3.37. The van der Waals surface area contributed by atoms with Gasteiger partial charge in [-0.05, 0) is 28.5 Å². The van der Waals surface area contributed by atoms with Crippen molar-refractivity contribution >= 4 is 22.8 Å². The minimum Gasteiger partial charge on any atom is -0.435 e. The number of ether oxygens (including phenoxy) is 1. The Balaban J connectivity index is 2.26. The molecule has 2 aromatic rings. The fraction of sp³-hybridized carbons (Fsp3) is 0.0714. The number of benzene rings is 2. The van der Waals surface area contributed by atoms with Gasteiger partial charge in [0.05, 0.1) is 6.26 Å². The molecule has 0 N–H and O–H groups in total. The van der Waals surface area contributed by atoms with Crippen molar-refractivity contribution in [2.45, 2.75) is 6.92 Å². The zero-order chi connectivity index (χ0) is 11.4. The number of carbonyl (C=O) groups excluding carboxylic acids is 1. The van der Waals surface area contributed by atoms with E-state index >= 15 is 0 Å². The highest BCUT2D eigenvalue weighted by Gasteiger charge is 1.93. The summed E-state index contributed by atoms with van der Waals surface area (Å²) in [6, 6.07) is 14.2. The van der Waals surface area contributed by atoms with Crippen molar-refractivity contribution in [3.63, 3.8) is 0 Å². The van der Waals surface area contributed by atoms with Crippen molar-refractivity contribution in [1.29, 1.82) is 0 Å². The first-order chi connectivity index (χ1) is 7.75. The monoisotopic (exact) mass is 212 g/mol. The summed E-state index contributed by atoms with van der Waals surface area (Å²) in [5, 5.41) is 2.37. The average Bonchev–Trinajstić information content (AvgIpc) is 2.28. The summed E-state index contributed by atoms with van der Waals surface area (Å²) in [6.45, 7) is 1.38. The lowest BCUT2D eigenvalue weighted by Crippen LogP contribution is -1.89. The summed E-state index contributed by atoms with van der Waals surface area (Å²) >= 11 is 0. The number of esters is 1. The minimum absolute atomic E-state index is 0.308. The Morgan fingerprint density at radius 2 is 1.88 bits per heavy atom. The first-order valence-corrected chi connectivity index (χ1v) is 5.08. The first kappa shape index (κ1) is 10.4. The molecule has 0 bridgehead atoms. The van der Waals surface area contributed by atoms with E-state index in [1.807, 2.05) is 24.3 Å². The van der Waals surface area contributed by atoms with Gasteiger partial charge in [0.1, 0.15) is 0 Å². The van der Waals surface area contributed by atoms with Gasteiger partial charge in [0.25, 0.3) is 0 Å². The zero-order valence-corrected chi connectivity index (χ0v) is 9.01. The van der Waals surface area contributed by atoms with E-state index in [4.69, 9.17) is 4.74 Å². The van der Waals surface area contributed by atoms with Crippen LogP contribution in [0.1, 0.15) is 12.5 Å². The summed E-state index contributed by atoms with van der Waals surface area (Å²) in [4.78, 5) is 10.6. The van der Waals surface area contributed by atoms with E-state index < -0.39 is 0 Å². The Bertz CT molecular complexity index is 541. The Morgan fingerprint density at radius 1 is 1.12 bits per heavy atom. The second-order valence-electron chi connectivity index (χ2n) is 3.52. The number of carbonyl (C=O) groups is 1. The van der Waals surface area contributed by atoms with Gasteiger partial charge in [0.2, 0.25) is 0 Å². The first-order valence-electron chi connectivity index (χ1n) is 5.08. The van der Waals surface area contributed by atoms with E-state index in [0.29, 0.717) is 0 Å². The van der Waals surface area contributed by atoms with Crippen LogP contribution in [0.4, 0.5) is 0 Å². The van der Waals surface area contributed by atoms with Gasteiger partial charge in [-0.3, -0.25) is 4.79 Å². The fourth-order valence-electron chi connectivity index (χ4n) is 1.52. The van der Waals surface area contributed by atoms with Crippen molar-refractivity contribution in [2.24, 2.45) is 0 Å².